The maximum absolute atomic E-state index is 12.7. The van der Waals surface area contributed by atoms with Crippen molar-refractivity contribution >= 4 is 12.3 Å². The van der Waals surface area contributed by atoms with Gasteiger partial charge in [-0.05, 0) is 52.0 Å². The van der Waals surface area contributed by atoms with Gasteiger partial charge in [0.15, 0.2) is 0 Å². The van der Waals surface area contributed by atoms with Crippen LogP contribution in [0.15, 0.2) is 23.2 Å². The van der Waals surface area contributed by atoms with Crippen LogP contribution in [0.3, 0.4) is 0 Å². The summed E-state index contributed by atoms with van der Waals surface area (Å²) in [7, 11) is 1.56. The minimum atomic E-state index is 0.0114. The number of rotatable bonds is 5. The molecule has 2 amide bonds. The first-order valence-corrected chi connectivity index (χ1v) is 8.43. The lowest BCUT2D eigenvalue weighted by molar-refractivity contribution is -0.129. The molecule has 1 aliphatic heterocycles. The SMILES string of the molecule is CC(C)=C(C(=O)N1CCCC1C)N(N)/C=C(\N)C1CC1.CNC=O. The number of hydrogen-bond donors (Lipinski definition) is 3. The Kier molecular flexibility index (Phi) is 7.78. The van der Waals surface area contributed by atoms with Gasteiger partial charge in [-0.3, -0.25) is 14.6 Å². The van der Waals surface area contributed by atoms with Gasteiger partial charge in [0.1, 0.15) is 5.70 Å². The Bertz CT molecular complexity index is 507. The van der Waals surface area contributed by atoms with E-state index in [1.807, 2.05) is 18.7 Å². The average molecular weight is 337 g/mol. The first-order valence-electron chi connectivity index (χ1n) is 8.43. The van der Waals surface area contributed by atoms with Crippen molar-refractivity contribution in [2.24, 2.45) is 17.5 Å². The van der Waals surface area contributed by atoms with Crippen molar-refractivity contribution in [1.82, 2.24) is 15.2 Å². The molecular formula is C17H31N5O2. The number of nitrogens with one attached hydrogen (secondary N) is 1. The van der Waals surface area contributed by atoms with Gasteiger partial charge in [0.25, 0.3) is 5.91 Å². The van der Waals surface area contributed by atoms with Crippen LogP contribution >= 0.6 is 0 Å². The highest BCUT2D eigenvalue weighted by Crippen LogP contribution is 2.34. The number of hydrazine groups is 1. The number of nitrogens with zero attached hydrogens (tertiary/aromatic N) is 2. The highest BCUT2D eigenvalue weighted by atomic mass is 16.2. The topological polar surface area (TPSA) is 105 Å². The fourth-order valence-corrected chi connectivity index (χ4v) is 2.70. The molecule has 7 heteroatoms. The molecule has 0 radical (unpaired) electrons. The second kappa shape index (κ2) is 9.32. The van der Waals surface area contributed by atoms with Crippen LogP contribution in [-0.4, -0.2) is 41.9 Å². The Morgan fingerprint density at radius 2 is 1.88 bits per heavy atom. The molecule has 136 valence electrons. The average Bonchev–Trinajstić information content (AvgIpc) is 3.29. The van der Waals surface area contributed by atoms with E-state index in [1.54, 1.807) is 13.2 Å². The summed E-state index contributed by atoms with van der Waals surface area (Å²) < 4.78 is 0. The van der Waals surface area contributed by atoms with Crippen LogP contribution in [0.4, 0.5) is 0 Å². The Hall–Kier alpha value is -2.02. The molecule has 24 heavy (non-hydrogen) atoms. The molecule has 1 heterocycles. The molecule has 1 aliphatic carbocycles. The summed E-state index contributed by atoms with van der Waals surface area (Å²) in [5, 5.41) is 3.66. The maximum atomic E-state index is 12.7. The first-order chi connectivity index (χ1) is 11.3. The molecule has 1 atom stereocenters. The third-order valence-corrected chi connectivity index (χ3v) is 4.20. The van der Waals surface area contributed by atoms with E-state index in [0.29, 0.717) is 18.0 Å². The van der Waals surface area contributed by atoms with E-state index in [2.05, 4.69) is 12.2 Å². The van der Waals surface area contributed by atoms with Gasteiger partial charge < -0.3 is 16.0 Å². The molecule has 2 aliphatic rings. The van der Waals surface area contributed by atoms with E-state index in [1.165, 1.54) is 5.01 Å². The van der Waals surface area contributed by atoms with Crippen molar-refractivity contribution in [3.63, 3.8) is 0 Å². The van der Waals surface area contributed by atoms with E-state index in [4.69, 9.17) is 16.4 Å². The molecule has 7 nitrogen and oxygen atoms in total. The number of likely N-dealkylation sites (tertiary alicyclic amines) is 1. The summed E-state index contributed by atoms with van der Waals surface area (Å²) >= 11 is 0. The van der Waals surface area contributed by atoms with Crippen molar-refractivity contribution < 1.29 is 9.59 Å². The van der Waals surface area contributed by atoms with Gasteiger partial charge in [-0.15, -0.1) is 0 Å². The molecule has 1 saturated heterocycles. The molecule has 1 unspecified atom stereocenters. The van der Waals surface area contributed by atoms with Gasteiger partial charge in [0, 0.05) is 37.4 Å². The molecule has 0 bridgehead atoms. The van der Waals surface area contributed by atoms with Crippen LogP contribution in [0.2, 0.25) is 0 Å². The van der Waals surface area contributed by atoms with E-state index >= 15 is 0 Å². The summed E-state index contributed by atoms with van der Waals surface area (Å²) in [6.45, 7) is 6.72. The Morgan fingerprint density at radius 1 is 1.29 bits per heavy atom. The zero-order chi connectivity index (χ0) is 18.3. The van der Waals surface area contributed by atoms with Crippen LogP contribution in [-0.2, 0) is 9.59 Å². The Balaban J connectivity index is 0.000000648. The van der Waals surface area contributed by atoms with Crippen LogP contribution in [0.25, 0.3) is 0 Å². The Morgan fingerprint density at radius 3 is 2.25 bits per heavy atom. The number of nitrogens with two attached hydrogens (primary N) is 2. The molecule has 2 rings (SSSR count). The lowest BCUT2D eigenvalue weighted by atomic mass is 10.2. The van der Waals surface area contributed by atoms with E-state index in [0.717, 1.165) is 43.5 Å². The molecule has 0 aromatic heterocycles. The summed E-state index contributed by atoms with van der Waals surface area (Å²) in [5.41, 5.74) is 8.22. The first kappa shape index (κ1) is 20.0. The molecule has 0 aromatic carbocycles. The molecule has 1 saturated carbocycles. The lowest BCUT2D eigenvalue weighted by Gasteiger charge is -2.27. The van der Waals surface area contributed by atoms with Gasteiger partial charge >= 0.3 is 0 Å². The molecular weight excluding hydrogens is 306 g/mol. The summed E-state index contributed by atoms with van der Waals surface area (Å²) in [4.78, 5) is 23.7. The molecule has 0 spiro atoms. The van der Waals surface area contributed by atoms with Crippen molar-refractivity contribution in [3.05, 3.63) is 23.2 Å². The van der Waals surface area contributed by atoms with Crippen molar-refractivity contribution in [2.45, 2.75) is 52.5 Å². The fourth-order valence-electron chi connectivity index (χ4n) is 2.70. The molecule has 5 N–H and O–H groups in total. The summed E-state index contributed by atoms with van der Waals surface area (Å²) in [6.07, 6.45) is 6.70. The number of allylic oxidation sites excluding steroid dienone is 2. The molecule has 2 fully saturated rings. The summed E-state index contributed by atoms with van der Waals surface area (Å²) in [6, 6.07) is 0.287. The number of carbonyl (C=O) groups excluding carboxylic acids is 2. The van der Waals surface area contributed by atoms with Gasteiger partial charge in [-0.2, -0.15) is 0 Å². The monoisotopic (exact) mass is 337 g/mol. The van der Waals surface area contributed by atoms with E-state index < -0.39 is 0 Å². The van der Waals surface area contributed by atoms with Gasteiger partial charge in [-0.1, -0.05) is 0 Å². The fraction of sp³-hybridized carbons (Fsp3) is 0.647. The smallest absolute Gasteiger partial charge is 0.272 e. The van der Waals surface area contributed by atoms with E-state index in [-0.39, 0.29) is 11.9 Å². The van der Waals surface area contributed by atoms with Crippen molar-refractivity contribution in [2.75, 3.05) is 13.6 Å². The number of carbonyl (C=O) groups is 2. The van der Waals surface area contributed by atoms with Gasteiger partial charge in [0.05, 0.1) is 0 Å². The number of hydrogen-bond acceptors (Lipinski definition) is 5. The van der Waals surface area contributed by atoms with E-state index in [9.17, 15) is 4.79 Å². The zero-order valence-corrected chi connectivity index (χ0v) is 15.2. The number of amides is 2. The minimum absolute atomic E-state index is 0.0114. The second-order valence-corrected chi connectivity index (χ2v) is 6.56. The summed E-state index contributed by atoms with van der Waals surface area (Å²) in [5.74, 6) is 6.53. The van der Waals surface area contributed by atoms with Crippen LogP contribution < -0.4 is 16.9 Å². The van der Waals surface area contributed by atoms with Gasteiger partial charge in [0.2, 0.25) is 6.41 Å². The predicted octanol–water partition coefficient (Wildman–Crippen LogP) is 1.04. The zero-order valence-electron chi connectivity index (χ0n) is 15.2. The predicted molar refractivity (Wildman–Crippen MR) is 94.9 cm³/mol. The van der Waals surface area contributed by atoms with Crippen LogP contribution in [0, 0.1) is 5.92 Å². The third kappa shape index (κ3) is 5.56. The maximum Gasteiger partial charge on any atom is 0.272 e. The lowest BCUT2D eigenvalue weighted by Crippen LogP contribution is -2.41. The van der Waals surface area contributed by atoms with Crippen LogP contribution in [0.5, 0.6) is 0 Å². The highest BCUT2D eigenvalue weighted by Gasteiger charge is 2.30. The standard InChI is InChI=1S/C15H26N4O.C2H5NO/c1-10(2)14(15(20)18-8-4-5-11(18)3)19(17)9-13(16)12-6-7-12;1-3-2-4/h9,11-12H,4-8,16-17H2,1-3H3;2H,1H3,(H,3,4)/b13-9-;. The van der Waals surface area contributed by atoms with Crippen molar-refractivity contribution in [3.8, 4) is 0 Å². The highest BCUT2D eigenvalue weighted by molar-refractivity contribution is 5.94. The molecule has 0 aromatic rings. The van der Waals surface area contributed by atoms with Crippen LogP contribution in [0.1, 0.15) is 46.5 Å². The van der Waals surface area contributed by atoms with Crippen molar-refractivity contribution in [1.29, 1.82) is 0 Å². The largest absolute Gasteiger partial charge is 0.401 e. The quantitative estimate of drug-likeness (QED) is 0.301. The third-order valence-electron chi connectivity index (χ3n) is 4.20. The normalized spacial score (nSPS) is 20.0. The van der Waals surface area contributed by atoms with Gasteiger partial charge in [-0.25, -0.2) is 5.84 Å². The minimum Gasteiger partial charge on any atom is -0.401 e. The Labute approximate surface area is 144 Å². The second-order valence-electron chi connectivity index (χ2n) is 6.56.